The molecule has 0 bridgehead atoms. The second-order valence-corrected chi connectivity index (χ2v) is 8.58. The highest BCUT2D eigenvalue weighted by Crippen LogP contribution is 2.32. The molecule has 0 fully saturated rings. The summed E-state index contributed by atoms with van der Waals surface area (Å²) in [5.74, 6) is 0.0169. The lowest BCUT2D eigenvalue weighted by Crippen LogP contribution is -2.11. The first-order valence-corrected chi connectivity index (χ1v) is 10.6. The van der Waals surface area contributed by atoms with E-state index in [0.717, 1.165) is 22.9 Å². The number of thioether (sulfide) groups is 1. The smallest absolute Gasteiger partial charge is 0.296 e. The Morgan fingerprint density at radius 2 is 1.77 bits per heavy atom. The quantitative estimate of drug-likeness (QED) is 0.291. The molecular weight excluding hydrogens is 431 g/mol. The van der Waals surface area contributed by atoms with Crippen molar-refractivity contribution in [1.82, 2.24) is 10.2 Å². The minimum absolute atomic E-state index is 0.300. The molecule has 3 aromatic carbocycles. The number of carbonyl (C=O) groups excluding carboxylic acids is 1. The van der Waals surface area contributed by atoms with Gasteiger partial charge in [0.1, 0.15) is 0 Å². The molecule has 0 saturated heterocycles. The molecule has 0 unspecified atom stereocenters. The first kappa shape index (κ1) is 20.4. The molecule has 0 saturated carbocycles. The summed E-state index contributed by atoms with van der Waals surface area (Å²) in [6.07, 6.45) is -4.37. The van der Waals surface area contributed by atoms with Crippen molar-refractivity contribution in [2.45, 2.75) is 16.3 Å². The van der Waals surface area contributed by atoms with Gasteiger partial charge in [0.05, 0.1) is 5.56 Å². The van der Waals surface area contributed by atoms with Gasteiger partial charge >= 0.3 is 6.18 Å². The monoisotopic (exact) mass is 445 g/mol. The summed E-state index contributed by atoms with van der Waals surface area (Å²) in [5, 5.41) is 13.0. The zero-order valence-electron chi connectivity index (χ0n) is 15.3. The van der Waals surface area contributed by atoms with Crippen LogP contribution < -0.4 is 5.32 Å². The fourth-order valence-corrected chi connectivity index (χ4v) is 4.49. The third-order valence-corrected chi connectivity index (χ3v) is 6.30. The van der Waals surface area contributed by atoms with Gasteiger partial charge in [-0.25, -0.2) is 0 Å². The van der Waals surface area contributed by atoms with Crippen molar-refractivity contribution in [2.24, 2.45) is 0 Å². The SMILES string of the molecule is O=C(Nc1nnc(SCc2cccc(C(F)(F)F)c2)s1)c1ccc2ccccc2c1. The number of nitrogens with zero attached hydrogens (tertiary/aromatic N) is 2. The van der Waals surface area contributed by atoms with E-state index >= 15 is 0 Å². The molecule has 0 aliphatic carbocycles. The lowest BCUT2D eigenvalue weighted by molar-refractivity contribution is -0.137. The Labute approximate surface area is 178 Å². The van der Waals surface area contributed by atoms with E-state index in [2.05, 4.69) is 15.5 Å². The number of hydrogen-bond acceptors (Lipinski definition) is 5. The zero-order chi connectivity index (χ0) is 21.1. The van der Waals surface area contributed by atoms with E-state index in [9.17, 15) is 18.0 Å². The number of halogens is 3. The molecule has 4 nitrogen and oxygen atoms in total. The average molecular weight is 445 g/mol. The third kappa shape index (κ3) is 4.80. The topological polar surface area (TPSA) is 54.9 Å². The molecule has 9 heteroatoms. The van der Waals surface area contributed by atoms with Crippen molar-refractivity contribution in [2.75, 3.05) is 5.32 Å². The number of fused-ring (bicyclic) bond motifs is 1. The molecule has 4 aromatic rings. The lowest BCUT2D eigenvalue weighted by Gasteiger charge is -2.07. The number of alkyl halides is 3. The Bertz CT molecular complexity index is 1210. The van der Waals surface area contributed by atoms with Crippen LogP contribution in [-0.4, -0.2) is 16.1 Å². The number of hydrogen-bond donors (Lipinski definition) is 1. The normalized spacial score (nSPS) is 11.6. The van der Waals surface area contributed by atoms with Gasteiger partial charge in [0.25, 0.3) is 5.91 Å². The Hall–Kier alpha value is -2.91. The van der Waals surface area contributed by atoms with Crippen LogP contribution in [0.15, 0.2) is 71.1 Å². The van der Waals surface area contributed by atoms with Crippen LogP contribution in [0, 0.1) is 0 Å². The number of amides is 1. The summed E-state index contributed by atoms with van der Waals surface area (Å²) in [5.41, 5.74) is 0.357. The molecule has 152 valence electrons. The highest BCUT2D eigenvalue weighted by Gasteiger charge is 2.30. The fraction of sp³-hybridized carbons (Fsp3) is 0.0952. The van der Waals surface area contributed by atoms with Crippen LogP contribution in [0.3, 0.4) is 0 Å². The summed E-state index contributed by atoms with van der Waals surface area (Å²) in [4.78, 5) is 12.5. The van der Waals surface area contributed by atoms with Crippen molar-refractivity contribution >= 4 is 44.9 Å². The zero-order valence-corrected chi connectivity index (χ0v) is 16.9. The van der Waals surface area contributed by atoms with Crippen molar-refractivity contribution in [3.8, 4) is 0 Å². The summed E-state index contributed by atoms with van der Waals surface area (Å²) < 4.78 is 39.0. The van der Waals surface area contributed by atoms with Gasteiger partial charge in [-0.05, 0) is 34.5 Å². The largest absolute Gasteiger partial charge is 0.416 e. The van der Waals surface area contributed by atoms with Crippen LogP contribution in [-0.2, 0) is 11.9 Å². The Kier molecular flexibility index (Phi) is 5.74. The Morgan fingerprint density at radius 1 is 0.967 bits per heavy atom. The number of carbonyl (C=O) groups is 1. The van der Waals surface area contributed by atoms with E-state index in [-0.39, 0.29) is 5.91 Å². The maximum absolute atomic E-state index is 12.8. The van der Waals surface area contributed by atoms with Gasteiger partial charge in [-0.2, -0.15) is 13.2 Å². The fourth-order valence-electron chi connectivity index (χ4n) is 2.80. The molecule has 1 heterocycles. The number of anilines is 1. The third-order valence-electron chi connectivity index (χ3n) is 4.26. The van der Waals surface area contributed by atoms with Crippen molar-refractivity contribution < 1.29 is 18.0 Å². The van der Waals surface area contributed by atoms with Gasteiger partial charge < -0.3 is 0 Å². The van der Waals surface area contributed by atoms with E-state index in [1.165, 1.54) is 29.2 Å². The Balaban J connectivity index is 1.39. The van der Waals surface area contributed by atoms with Crippen molar-refractivity contribution in [3.63, 3.8) is 0 Å². The summed E-state index contributed by atoms with van der Waals surface area (Å²) in [6.45, 7) is 0. The maximum Gasteiger partial charge on any atom is 0.416 e. The first-order chi connectivity index (χ1) is 14.4. The number of aromatic nitrogens is 2. The second-order valence-electron chi connectivity index (χ2n) is 6.38. The van der Waals surface area contributed by atoms with E-state index in [0.29, 0.717) is 26.4 Å². The van der Waals surface area contributed by atoms with Gasteiger partial charge in [-0.1, -0.05) is 71.6 Å². The minimum atomic E-state index is -4.37. The number of nitrogens with one attached hydrogen (secondary N) is 1. The van der Waals surface area contributed by atoms with E-state index in [1.807, 2.05) is 30.3 Å². The van der Waals surface area contributed by atoms with Crippen LogP contribution in [0.1, 0.15) is 21.5 Å². The molecule has 0 aliphatic heterocycles. The Morgan fingerprint density at radius 3 is 2.57 bits per heavy atom. The molecule has 1 aromatic heterocycles. The summed E-state index contributed by atoms with van der Waals surface area (Å²) in [6, 6.07) is 18.3. The molecule has 30 heavy (non-hydrogen) atoms. The number of benzene rings is 3. The molecule has 4 rings (SSSR count). The van der Waals surface area contributed by atoms with E-state index < -0.39 is 11.7 Å². The molecule has 1 N–H and O–H groups in total. The van der Waals surface area contributed by atoms with Crippen LogP contribution in [0.5, 0.6) is 0 Å². The molecule has 0 radical (unpaired) electrons. The van der Waals surface area contributed by atoms with Gasteiger partial charge in [0, 0.05) is 11.3 Å². The maximum atomic E-state index is 12.8. The lowest BCUT2D eigenvalue weighted by atomic mass is 10.1. The second kappa shape index (κ2) is 8.45. The van der Waals surface area contributed by atoms with E-state index in [4.69, 9.17) is 0 Å². The van der Waals surface area contributed by atoms with Gasteiger partial charge in [-0.15, -0.1) is 10.2 Å². The molecule has 0 atom stereocenters. The first-order valence-electron chi connectivity index (χ1n) is 8.81. The molecule has 0 spiro atoms. The standard InChI is InChI=1S/C21H14F3N3OS2/c22-21(23,24)17-7-3-4-13(10-17)12-29-20-27-26-19(30-20)25-18(28)16-9-8-14-5-1-2-6-15(14)11-16/h1-11H,12H2,(H,25,26,28). The summed E-state index contributed by atoms with van der Waals surface area (Å²) >= 11 is 2.44. The van der Waals surface area contributed by atoms with Crippen LogP contribution >= 0.6 is 23.1 Å². The van der Waals surface area contributed by atoms with Crippen LogP contribution in [0.25, 0.3) is 10.8 Å². The predicted octanol–water partition coefficient (Wildman–Crippen LogP) is 6.25. The average Bonchev–Trinajstić information content (AvgIpc) is 3.19. The molecular formula is C21H14F3N3OS2. The van der Waals surface area contributed by atoms with Gasteiger partial charge in [-0.3, -0.25) is 10.1 Å². The minimum Gasteiger partial charge on any atom is -0.296 e. The van der Waals surface area contributed by atoms with Gasteiger partial charge in [0.2, 0.25) is 5.13 Å². The van der Waals surface area contributed by atoms with Crippen molar-refractivity contribution in [1.29, 1.82) is 0 Å². The predicted molar refractivity (Wildman–Crippen MR) is 113 cm³/mol. The highest BCUT2D eigenvalue weighted by atomic mass is 32.2. The van der Waals surface area contributed by atoms with Crippen LogP contribution in [0.4, 0.5) is 18.3 Å². The van der Waals surface area contributed by atoms with Gasteiger partial charge in [0.15, 0.2) is 4.34 Å². The van der Waals surface area contributed by atoms with Crippen molar-refractivity contribution in [3.05, 3.63) is 83.4 Å². The summed E-state index contributed by atoms with van der Waals surface area (Å²) in [7, 11) is 0. The molecule has 0 aliphatic rings. The van der Waals surface area contributed by atoms with Crippen LogP contribution in [0.2, 0.25) is 0 Å². The molecule has 1 amide bonds. The highest BCUT2D eigenvalue weighted by molar-refractivity contribution is 8.00. The van der Waals surface area contributed by atoms with E-state index in [1.54, 1.807) is 18.2 Å². The number of rotatable bonds is 5.